The van der Waals surface area contributed by atoms with Crippen molar-refractivity contribution in [2.24, 2.45) is 0 Å². The van der Waals surface area contributed by atoms with Crippen molar-refractivity contribution in [1.82, 2.24) is 24.7 Å². The fraction of sp³-hybridized carbons (Fsp3) is 0.368. The van der Waals surface area contributed by atoms with E-state index in [1.807, 2.05) is 0 Å². The first-order valence-electron chi connectivity index (χ1n) is 8.96. The zero-order valence-corrected chi connectivity index (χ0v) is 14.1. The Balaban J connectivity index is 1.33. The zero-order chi connectivity index (χ0) is 16.6. The van der Waals surface area contributed by atoms with Gasteiger partial charge in [-0.2, -0.15) is 0 Å². The molecule has 6 heteroatoms. The van der Waals surface area contributed by atoms with Crippen molar-refractivity contribution in [2.75, 3.05) is 5.32 Å². The number of hydrogen-bond acceptors (Lipinski definition) is 5. The highest BCUT2D eigenvalue weighted by atomic mass is 15.3. The van der Waals surface area contributed by atoms with E-state index in [-0.39, 0.29) is 0 Å². The molecule has 0 atom stereocenters. The topological polar surface area (TPSA) is 68.5 Å². The number of nitrogens with one attached hydrogen (secondary N) is 1. The van der Waals surface area contributed by atoms with E-state index < -0.39 is 0 Å². The standard InChI is InChI=1S/C19H20N6/c1-3-15-16(4-1)20-12-21-19(15)22-14-8-6-13(7-9-14)11-18-24-23-17-5-2-10-25(17)18/h6-9,12H,1-5,10-11H2,(H,20,21,22). The molecule has 0 saturated carbocycles. The summed E-state index contributed by atoms with van der Waals surface area (Å²) in [6.45, 7) is 1.05. The lowest BCUT2D eigenvalue weighted by atomic mass is 10.1. The van der Waals surface area contributed by atoms with Gasteiger partial charge < -0.3 is 9.88 Å². The van der Waals surface area contributed by atoms with Crippen LogP contribution in [0.2, 0.25) is 0 Å². The third-order valence-electron chi connectivity index (χ3n) is 5.14. The molecule has 3 aromatic rings. The predicted octanol–water partition coefficient (Wildman–Crippen LogP) is 2.84. The van der Waals surface area contributed by atoms with Gasteiger partial charge in [-0.05, 0) is 43.4 Å². The van der Waals surface area contributed by atoms with Gasteiger partial charge in [-0.3, -0.25) is 0 Å². The summed E-state index contributed by atoms with van der Waals surface area (Å²) in [5.74, 6) is 3.15. The minimum Gasteiger partial charge on any atom is -0.340 e. The first-order chi connectivity index (χ1) is 12.4. The Hall–Kier alpha value is -2.76. The molecular formula is C19H20N6. The molecule has 0 radical (unpaired) electrons. The number of anilines is 2. The maximum Gasteiger partial charge on any atom is 0.137 e. The molecule has 0 bridgehead atoms. The molecule has 0 saturated heterocycles. The van der Waals surface area contributed by atoms with Gasteiger partial charge in [0.2, 0.25) is 0 Å². The van der Waals surface area contributed by atoms with Crippen molar-refractivity contribution in [2.45, 2.75) is 45.1 Å². The third kappa shape index (κ3) is 2.67. The van der Waals surface area contributed by atoms with Gasteiger partial charge in [0.15, 0.2) is 0 Å². The first kappa shape index (κ1) is 14.6. The Morgan fingerprint density at radius 2 is 1.88 bits per heavy atom. The molecular weight excluding hydrogens is 312 g/mol. The number of aromatic nitrogens is 5. The molecule has 2 aliphatic rings. The summed E-state index contributed by atoms with van der Waals surface area (Å²) in [4.78, 5) is 8.80. The molecule has 126 valence electrons. The van der Waals surface area contributed by atoms with Crippen LogP contribution in [0.15, 0.2) is 30.6 Å². The molecule has 6 nitrogen and oxygen atoms in total. The van der Waals surface area contributed by atoms with Crippen molar-refractivity contribution in [3.8, 4) is 0 Å². The van der Waals surface area contributed by atoms with Gasteiger partial charge in [0.05, 0.1) is 0 Å². The Bertz CT molecular complexity index is 912. The molecule has 1 aromatic carbocycles. The largest absolute Gasteiger partial charge is 0.340 e. The number of hydrogen-bond donors (Lipinski definition) is 1. The molecule has 1 aliphatic heterocycles. The number of aryl methyl sites for hydroxylation is 2. The van der Waals surface area contributed by atoms with Gasteiger partial charge in [-0.25, -0.2) is 9.97 Å². The van der Waals surface area contributed by atoms with Crippen LogP contribution >= 0.6 is 0 Å². The molecule has 2 aromatic heterocycles. The Labute approximate surface area is 146 Å². The Morgan fingerprint density at radius 1 is 0.960 bits per heavy atom. The molecule has 1 N–H and O–H groups in total. The molecule has 3 heterocycles. The van der Waals surface area contributed by atoms with Crippen molar-refractivity contribution < 1.29 is 0 Å². The van der Waals surface area contributed by atoms with Gasteiger partial charge in [0, 0.05) is 36.3 Å². The average Bonchev–Trinajstić information content (AvgIpc) is 3.35. The third-order valence-corrected chi connectivity index (χ3v) is 5.14. The van der Waals surface area contributed by atoms with Crippen LogP contribution in [0.4, 0.5) is 11.5 Å². The van der Waals surface area contributed by atoms with Crippen LogP contribution < -0.4 is 5.32 Å². The number of fused-ring (bicyclic) bond motifs is 2. The number of rotatable bonds is 4. The summed E-state index contributed by atoms with van der Waals surface area (Å²) in [5, 5.41) is 12.1. The first-order valence-corrected chi connectivity index (χ1v) is 8.96. The van der Waals surface area contributed by atoms with Crippen molar-refractivity contribution in [3.05, 3.63) is 59.1 Å². The van der Waals surface area contributed by atoms with E-state index in [1.54, 1.807) is 6.33 Å². The van der Waals surface area contributed by atoms with Gasteiger partial charge in [0.1, 0.15) is 23.8 Å². The monoisotopic (exact) mass is 332 g/mol. The van der Waals surface area contributed by atoms with Gasteiger partial charge in [-0.1, -0.05) is 12.1 Å². The molecule has 0 unspecified atom stereocenters. The second kappa shape index (κ2) is 5.95. The van der Waals surface area contributed by atoms with Gasteiger partial charge in [-0.15, -0.1) is 10.2 Å². The van der Waals surface area contributed by atoms with E-state index >= 15 is 0 Å². The lowest BCUT2D eigenvalue weighted by Crippen LogP contribution is -2.02. The molecule has 25 heavy (non-hydrogen) atoms. The molecule has 5 rings (SSSR count). The van der Waals surface area contributed by atoms with Gasteiger partial charge >= 0.3 is 0 Å². The minimum atomic E-state index is 0.830. The zero-order valence-electron chi connectivity index (χ0n) is 14.1. The SMILES string of the molecule is c1nc2c(c(Nc3ccc(Cc4nnc5n4CCC5)cc3)n1)CCC2. The highest BCUT2D eigenvalue weighted by Crippen LogP contribution is 2.27. The van der Waals surface area contributed by atoms with Crippen LogP contribution in [0.1, 0.15) is 41.3 Å². The Kier molecular flexibility index (Phi) is 3.47. The summed E-state index contributed by atoms with van der Waals surface area (Å²) in [7, 11) is 0. The van der Waals surface area contributed by atoms with Crippen LogP contribution in [-0.2, 0) is 32.2 Å². The Morgan fingerprint density at radius 3 is 2.80 bits per heavy atom. The van der Waals surface area contributed by atoms with E-state index in [2.05, 4.69) is 54.3 Å². The predicted molar refractivity (Wildman–Crippen MR) is 94.9 cm³/mol. The summed E-state index contributed by atoms with van der Waals surface area (Å²) < 4.78 is 2.26. The van der Waals surface area contributed by atoms with E-state index in [4.69, 9.17) is 0 Å². The highest BCUT2D eigenvalue weighted by Gasteiger charge is 2.18. The van der Waals surface area contributed by atoms with E-state index in [0.717, 1.165) is 55.4 Å². The van der Waals surface area contributed by atoms with E-state index in [0.29, 0.717) is 0 Å². The molecule has 0 amide bonds. The van der Waals surface area contributed by atoms with Crippen molar-refractivity contribution in [1.29, 1.82) is 0 Å². The second-order valence-electron chi connectivity index (χ2n) is 6.79. The quantitative estimate of drug-likeness (QED) is 0.796. The van der Waals surface area contributed by atoms with E-state index in [9.17, 15) is 0 Å². The van der Waals surface area contributed by atoms with Crippen LogP contribution in [0.25, 0.3) is 0 Å². The summed E-state index contributed by atoms with van der Waals surface area (Å²) in [6.07, 6.45) is 8.03. The number of nitrogens with zero attached hydrogens (tertiary/aromatic N) is 5. The molecule has 0 fully saturated rings. The van der Waals surface area contributed by atoms with Crippen LogP contribution in [0.3, 0.4) is 0 Å². The van der Waals surface area contributed by atoms with Crippen LogP contribution in [0.5, 0.6) is 0 Å². The lowest BCUT2D eigenvalue weighted by Gasteiger charge is -2.10. The van der Waals surface area contributed by atoms with Crippen molar-refractivity contribution >= 4 is 11.5 Å². The molecule has 1 aliphatic carbocycles. The maximum absolute atomic E-state index is 4.42. The average molecular weight is 332 g/mol. The smallest absolute Gasteiger partial charge is 0.137 e. The maximum atomic E-state index is 4.42. The van der Waals surface area contributed by atoms with E-state index in [1.165, 1.54) is 29.7 Å². The van der Waals surface area contributed by atoms with Gasteiger partial charge in [0.25, 0.3) is 0 Å². The number of benzene rings is 1. The normalized spacial score (nSPS) is 15.2. The summed E-state index contributed by atoms with van der Waals surface area (Å²) in [5.41, 5.74) is 4.77. The fourth-order valence-corrected chi connectivity index (χ4v) is 3.83. The van der Waals surface area contributed by atoms with Crippen LogP contribution in [0, 0.1) is 0 Å². The lowest BCUT2D eigenvalue weighted by molar-refractivity contribution is 0.700. The minimum absolute atomic E-state index is 0.830. The van der Waals surface area contributed by atoms with Crippen molar-refractivity contribution in [3.63, 3.8) is 0 Å². The van der Waals surface area contributed by atoms with Crippen LogP contribution in [-0.4, -0.2) is 24.7 Å². The molecule has 0 spiro atoms. The highest BCUT2D eigenvalue weighted by molar-refractivity contribution is 5.61. The summed E-state index contributed by atoms with van der Waals surface area (Å²) in [6, 6.07) is 8.53. The fourth-order valence-electron chi connectivity index (χ4n) is 3.83. The second-order valence-corrected chi connectivity index (χ2v) is 6.79. The summed E-state index contributed by atoms with van der Waals surface area (Å²) >= 11 is 0.